The quantitative estimate of drug-likeness (QED) is 0.911. The first-order valence-electron chi connectivity index (χ1n) is 7.43. The largest absolute Gasteiger partial charge is 0.444 e. The molecule has 1 aromatic carbocycles. The van der Waals surface area contributed by atoms with Crippen LogP contribution in [0.5, 0.6) is 0 Å². The van der Waals surface area contributed by atoms with Gasteiger partial charge in [-0.3, -0.25) is 4.79 Å². The molecular formula is C16H21NO5S. The third-order valence-electron chi connectivity index (χ3n) is 3.52. The van der Waals surface area contributed by atoms with E-state index in [0.29, 0.717) is 0 Å². The lowest BCUT2D eigenvalue weighted by Gasteiger charge is -2.21. The fraction of sp³-hybridized carbons (Fsp3) is 0.500. The van der Waals surface area contributed by atoms with Gasteiger partial charge in [-0.1, -0.05) is 18.2 Å². The van der Waals surface area contributed by atoms with Crippen molar-refractivity contribution in [3.63, 3.8) is 0 Å². The molecule has 0 spiro atoms. The highest BCUT2D eigenvalue weighted by atomic mass is 32.2. The molecule has 0 saturated heterocycles. The number of hydrogen-bond acceptors (Lipinski definition) is 5. The van der Waals surface area contributed by atoms with Gasteiger partial charge in [0.25, 0.3) is 0 Å². The molecular weight excluding hydrogens is 318 g/mol. The molecule has 1 amide bonds. The van der Waals surface area contributed by atoms with Crippen molar-refractivity contribution in [2.24, 2.45) is 0 Å². The monoisotopic (exact) mass is 339 g/mol. The zero-order chi connectivity index (χ0) is 17.3. The van der Waals surface area contributed by atoms with Crippen molar-refractivity contribution in [3.8, 4) is 0 Å². The number of amides is 1. The van der Waals surface area contributed by atoms with Gasteiger partial charge in [-0.25, -0.2) is 13.2 Å². The van der Waals surface area contributed by atoms with Gasteiger partial charge >= 0.3 is 6.09 Å². The van der Waals surface area contributed by atoms with Crippen LogP contribution in [0.3, 0.4) is 0 Å². The molecule has 23 heavy (non-hydrogen) atoms. The van der Waals surface area contributed by atoms with Crippen LogP contribution in [0.25, 0.3) is 0 Å². The summed E-state index contributed by atoms with van der Waals surface area (Å²) in [6, 6.07) is 7.05. The van der Waals surface area contributed by atoms with Crippen molar-refractivity contribution in [1.82, 2.24) is 5.32 Å². The predicted molar refractivity (Wildman–Crippen MR) is 84.8 cm³/mol. The lowest BCUT2D eigenvalue weighted by atomic mass is 10.2. The summed E-state index contributed by atoms with van der Waals surface area (Å²) < 4.78 is 30.2. The van der Waals surface area contributed by atoms with Crippen LogP contribution in [0.15, 0.2) is 35.2 Å². The van der Waals surface area contributed by atoms with E-state index in [4.69, 9.17) is 4.74 Å². The van der Waals surface area contributed by atoms with Crippen LogP contribution in [0.2, 0.25) is 0 Å². The Balaban J connectivity index is 2.09. The number of Topliss-reactive ketones (excluding diaryl/α,β-unsaturated/α-hetero) is 1. The van der Waals surface area contributed by atoms with E-state index in [1.54, 1.807) is 39.0 Å². The van der Waals surface area contributed by atoms with E-state index in [1.807, 2.05) is 0 Å². The third-order valence-corrected chi connectivity index (χ3v) is 5.66. The highest BCUT2D eigenvalue weighted by Crippen LogP contribution is 2.27. The van der Waals surface area contributed by atoms with Crippen LogP contribution >= 0.6 is 0 Å². The molecule has 0 radical (unpaired) electrons. The fourth-order valence-electron chi connectivity index (χ4n) is 2.50. The molecule has 1 saturated carbocycles. The van der Waals surface area contributed by atoms with Gasteiger partial charge < -0.3 is 10.1 Å². The number of sulfone groups is 1. The molecule has 1 fully saturated rings. The predicted octanol–water partition coefficient (Wildman–Crippen LogP) is 2.09. The summed E-state index contributed by atoms with van der Waals surface area (Å²) in [5, 5.41) is 1.34. The summed E-state index contributed by atoms with van der Waals surface area (Å²) in [6.07, 6.45) is -0.237. The maximum Gasteiger partial charge on any atom is 0.408 e. The first kappa shape index (κ1) is 17.5. The third kappa shape index (κ3) is 4.10. The first-order valence-corrected chi connectivity index (χ1v) is 8.98. The number of nitrogens with one attached hydrogen (secondary N) is 1. The fourth-order valence-corrected chi connectivity index (χ4v) is 4.28. The Morgan fingerprint density at radius 1 is 1.17 bits per heavy atom. The molecule has 2 rings (SSSR count). The van der Waals surface area contributed by atoms with Gasteiger partial charge in [0, 0.05) is 0 Å². The minimum absolute atomic E-state index is 0.122. The lowest BCUT2D eigenvalue weighted by molar-refractivity contribution is -0.118. The van der Waals surface area contributed by atoms with Crippen LogP contribution < -0.4 is 5.32 Å². The standard InChI is InChI=1S/C16H21NO5S/c1-16(2,3)22-15(19)17-12-9-10-13(14(12)18)23(20,21)11-7-5-4-6-8-11/h4-8,12-13H,9-10H2,1-3H3,(H,17,19)/t12-,13-/m0/s1. The highest BCUT2D eigenvalue weighted by Gasteiger charge is 2.44. The van der Waals surface area contributed by atoms with Crippen molar-refractivity contribution in [1.29, 1.82) is 0 Å². The number of alkyl carbamates (subject to hydrolysis) is 1. The van der Waals surface area contributed by atoms with Gasteiger partial charge in [-0.15, -0.1) is 0 Å². The second kappa shape index (κ2) is 6.31. The van der Waals surface area contributed by atoms with Crippen LogP contribution in [-0.4, -0.2) is 37.2 Å². The van der Waals surface area contributed by atoms with Gasteiger partial charge in [0.15, 0.2) is 15.6 Å². The normalized spacial score (nSPS) is 22.0. The van der Waals surface area contributed by atoms with E-state index in [0.717, 1.165) is 0 Å². The average molecular weight is 339 g/mol. The molecule has 2 atom stereocenters. The Morgan fingerprint density at radius 3 is 2.35 bits per heavy atom. The molecule has 7 heteroatoms. The molecule has 0 aromatic heterocycles. The summed E-state index contributed by atoms with van der Waals surface area (Å²) in [4.78, 5) is 24.3. The smallest absolute Gasteiger partial charge is 0.408 e. The van der Waals surface area contributed by atoms with Gasteiger partial charge in [0.1, 0.15) is 10.9 Å². The van der Waals surface area contributed by atoms with Crippen LogP contribution in [0.1, 0.15) is 33.6 Å². The van der Waals surface area contributed by atoms with E-state index in [9.17, 15) is 18.0 Å². The van der Waals surface area contributed by atoms with Crippen molar-refractivity contribution in [2.75, 3.05) is 0 Å². The number of rotatable bonds is 3. The Labute approximate surface area is 136 Å². The van der Waals surface area contributed by atoms with E-state index < -0.39 is 38.6 Å². The first-order chi connectivity index (χ1) is 10.6. The van der Waals surface area contributed by atoms with Crippen molar-refractivity contribution in [3.05, 3.63) is 30.3 Å². The zero-order valence-corrected chi connectivity index (χ0v) is 14.2. The van der Waals surface area contributed by atoms with Crippen molar-refractivity contribution < 1.29 is 22.7 Å². The van der Waals surface area contributed by atoms with Gasteiger partial charge in [-0.2, -0.15) is 0 Å². The van der Waals surface area contributed by atoms with Crippen LogP contribution in [0, 0.1) is 0 Å². The van der Waals surface area contributed by atoms with E-state index in [1.165, 1.54) is 12.1 Å². The van der Waals surface area contributed by atoms with Crippen LogP contribution in [0.4, 0.5) is 4.79 Å². The summed E-state index contributed by atoms with van der Waals surface area (Å²) >= 11 is 0. The minimum Gasteiger partial charge on any atom is -0.444 e. The Kier molecular flexibility index (Phi) is 4.79. The highest BCUT2D eigenvalue weighted by molar-refractivity contribution is 7.92. The molecule has 0 bridgehead atoms. The lowest BCUT2D eigenvalue weighted by Crippen LogP contribution is -2.43. The molecule has 0 unspecified atom stereocenters. The molecule has 6 nitrogen and oxygen atoms in total. The van der Waals surface area contributed by atoms with E-state index in [2.05, 4.69) is 5.32 Å². The molecule has 1 N–H and O–H groups in total. The maximum atomic E-state index is 12.5. The van der Waals surface area contributed by atoms with Crippen molar-refractivity contribution in [2.45, 2.75) is 55.4 Å². The van der Waals surface area contributed by atoms with E-state index >= 15 is 0 Å². The summed E-state index contributed by atoms with van der Waals surface area (Å²) in [5.74, 6) is -0.486. The molecule has 0 aliphatic heterocycles. The van der Waals surface area contributed by atoms with Gasteiger partial charge in [0.05, 0.1) is 10.9 Å². The Morgan fingerprint density at radius 2 is 1.78 bits per heavy atom. The molecule has 1 aromatic rings. The van der Waals surface area contributed by atoms with Gasteiger partial charge in [0.2, 0.25) is 0 Å². The topological polar surface area (TPSA) is 89.5 Å². The molecule has 126 valence electrons. The second-order valence-electron chi connectivity index (χ2n) is 6.53. The van der Waals surface area contributed by atoms with E-state index in [-0.39, 0.29) is 17.7 Å². The molecule has 0 heterocycles. The Bertz CT molecular complexity index is 691. The Hall–Kier alpha value is -1.89. The average Bonchev–Trinajstić information content (AvgIpc) is 2.79. The number of ether oxygens (including phenoxy) is 1. The maximum absolute atomic E-state index is 12.5. The van der Waals surface area contributed by atoms with Crippen molar-refractivity contribution >= 4 is 21.7 Å². The number of ketones is 1. The molecule has 1 aliphatic rings. The van der Waals surface area contributed by atoms with Gasteiger partial charge in [-0.05, 0) is 45.7 Å². The summed E-state index contributed by atoms with van der Waals surface area (Å²) in [5.41, 5.74) is -0.679. The number of hydrogen-bond donors (Lipinski definition) is 1. The second-order valence-corrected chi connectivity index (χ2v) is 8.66. The number of benzene rings is 1. The number of carbonyl (C=O) groups excluding carboxylic acids is 2. The zero-order valence-electron chi connectivity index (χ0n) is 13.4. The van der Waals surface area contributed by atoms with Crippen LogP contribution in [-0.2, 0) is 19.4 Å². The minimum atomic E-state index is -3.73. The summed E-state index contributed by atoms with van der Waals surface area (Å²) in [6.45, 7) is 5.14. The summed E-state index contributed by atoms with van der Waals surface area (Å²) in [7, 11) is -3.73. The molecule has 1 aliphatic carbocycles. The number of carbonyl (C=O) groups is 2. The SMILES string of the molecule is CC(C)(C)OC(=O)N[C@H]1CC[C@H](S(=O)(=O)c2ccccc2)C1=O.